The molecule has 108 valence electrons. The Hall–Kier alpha value is -0.610. The molecular weight excluding hydrogens is 242 g/mol. The lowest BCUT2D eigenvalue weighted by atomic mass is 9.80. The molecule has 1 atom stereocenters. The minimum atomic E-state index is -0.771. The van der Waals surface area contributed by atoms with Crippen LogP contribution in [0.1, 0.15) is 51.4 Å². The third-order valence-electron chi connectivity index (χ3n) is 5.17. The average molecular weight is 267 g/mol. The van der Waals surface area contributed by atoms with Crippen LogP contribution in [0.5, 0.6) is 0 Å². The molecule has 0 radical (unpaired) electrons. The van der Waals surface area contributed by atoms with E-state index < -0.39 is 6.10 Å². The maximum atomic E-state index is 12.4. The van der Waals surface area contributed by atoms with Crippen molar-refractivity contribution in [1.82, 2.24) is 4.90 Å². The van der Waals surface area contributed by atoms with Gasteiger partial charge in [-0.15, -0.1) is 0 Å². The van der Waals surface area contributed by atoms with Gasteiger partial charge in [0.05, 0.1) is 12.2 Å². The summed E-state index contributed by atoms with van der Waals surface area (Å²) in [5.74, 6) is 0.149. The normalized spacial score (nSPS) is 29.0. The quantitative estimate of drug-likeness (QED) is 0.828. The predicted octanol–water partition coefficient (Wildman–Crippen LogP) is 1.71. The van der Waals surface area contributed by atoms with Gasteiger partial charge >= 0.3 is 0 Å². The van der Waals surface area contributed by atoms with Crippen molar-refractivity contribution < 1.29 is 14.6 Å². The van der Waals surface area contributed by atoms with Gasteiger partial charge in [0.2, 0.25) is 0 Å². The van der Waals surface area contributed by atoms with E-state index in [2.05, 4.69) is 0 Å². The number of morpholine rings is 1. The van der Waals surface area contributed by atoms with Gasteiger partial charge in [-0.25, -0.2) is 0 Å². The average Bonchev–Trinajstić information content (AvgIpc) is 2.37. The monoisotopic (exact) mass is 267 g/mol. The second-order valence-corrected chi connectivity index (χ2v) is 6.49. The molecule has 3 fully saturated rings. The molecule has 1 N–H and O–H groups in total. The zero-order valence-electron chi connectivity index (χ0n) is 11.6. The molecule has 1 heterocycles. The Labute approximate surface area is 115 Å². The van der Waals surface area contributed by atoms with Gasteiger partial charge in [-0.05, 0) is 31.6 Å². The van der Waals surface area contributed by atoms with Crippen molar-refractivity contribution in [3.8, 4) is 0 Å². The first-order valence-corrected chi connectivity index (χ1v) is 7.81. The third-order valence-corrected chi connectivity index (χ3v) is 5.17. The highest BCUT2D eigenvalue weighted by molar-refractivity contribution is 5.81. The minimum Gasteiger partial charge on any atom is -0.383 e. The van der Waals surface area contributed by atoms with Crippen molar-refractivity contribution in [2.24, 2.45) is 5.92 Å². The Morgan fingerprint density at radius 1 is 1.21 bits per heavy atom. The topological polar surface area (TPSA) is 49.8 Å². The fraction of sp³-hybridized carbons (Fsp3) is 0.933. The van der Waals surface area contributed by atoms with Crippen LogP contribution in [0, 0.1) is 5.92 Å². The van der Waals surface area contributed by atoms with Crippen molar-refractivity contribution in [2.75, 3.05) is 19.7 Å². The smallest absolute Gasteiger partial charge is 0.251 e. The van der Waals surface area contributed by atoms with Gasteiger partial charge in [-0.2, -0.15) is 0 Å². The lowest BCUT2D eigenvalue weighted by molar-refractivity contribution is -0.166. The van der Waals surface area contributed by atoms with Crippen molar-refractivity contribution in [3.05, 3.63) is 0 Å². The summed E-state index contributed by atoms with van der Waals surface area (Å²) in [6.07, 6.45) is 8.20. The van der Waals surface area contributed by atoms with E-state index in [-0.39, 0.29) is 17.4 Å². The highest BCUT2D eigenvalue weighted by Gasteiger charge is 2.41. The van der Waals surface area contributed by atoms with E-state index in [4.69, 9.17) is 4.74 Å². The molecule has 0 aromatic rings. The number of ether oxygens (including phenoxy) is 1. The summed E-state index contributed by atoms with van der Waals surface area (Å²) in [4.78, 5) is 14.2. The molecule has 1 amide bonds. The van der Waals surface area contributed by atoms with Crippen LogP contribution in [0.2, 0.25) is 0 Å². The van der Waals surface area contributed by atoms with Crippen LogP contribution in [0.25, 0.3) is 0 Å². The molecular formula is C15H25NO3. The van der Waals surface area contributed by atoms with Crippen LogP contribution in [-0.4, -0.2) is 47.3 Å². The van der Waals surface area contributed by atoms with E-state index >= 15 is 0 Å². The molecule has 1 spiro atoms. The highest BCUT2D eigenvalue weighted by atomic mass is 16.5. The number of aliphatic hydroxyl groups is 1. The number of hydrogen-bond acceptors (Lipinski definition) is 3. The van der Waals surface area contributed by atoms with E-state index in [1.165, 1.54) is 19.3 Å². The van der Waals surface area contributed by atoms with Crippen molar-refractivity contribution in [1.29, 1.82) is 0 Å². The fourth-order valence-corrected chi connectivity index (χ4v) is 3.68. The molecule has 3 rings (SSSR count). The van der Waals surface area contributed by atoms with Gasteiger partial charge in [0.25, 0.3) is 5.91 Å². The van der Waals surface area contributed by atoms with E-state index in [9.17, 15) is 9.90 Å². The third kappa shape index (κ3) is 2.65. The lowest BCUT2D eigenvalue weighted by Crippen LogP contribution is -2.57. The van der Waals surface area contributed by atoms with Gasteiger partial charge in [0, 0.05) is 13.1 Å². The number of amides is 1. The summed E-state index contributed by atoms with van der Waals surface area (Å²) < 4.78 is 5.99. The summed E-state index contributed by atoms with van der Waals surface area (Å²) in [5.41, 5.74) is -0.106. The predicted molar refractivity (Wildman–Crippen MR) is 71.7 cm³/mol. The van der Waals surface area contributed by atoms with Crippen LogP contribution in [-0.2, 0) is 9.53 Å². The first-order valence-electron chi connectivity index (χ1n) is 7.81. The molecule has 1 saturated heterocycles. The number of rotatable bonds is 2. The van der Waals surface area contributed by atoms with Crippen LogP contribution >= 0.6 is 0 Å². The Morgan fingerprint density at radius 3 is 2.58 bits per heavy atom. The Bertz CT molecular complexity index is 329. The number of carbonyl (C=O) groups excluding carboxylic acids is 1. The molecule has 3 aliphatic rings. The molecule has 0 aromatic heterocycles. The molecule has 2 aliphatic carbocycles. The number of aliphatic hydroxyl groups excluding tert-OH is 1. The van der Waals surface area contributed by atoms with Crippen molar-refractivity contribution in [2.45, 2.75) is 63.1 Å². The maximum absolute atomic E-state index is 12.4. The molecule has 0 bridgehead atoms. The first-order chi connectivity index (χ1) is 9.20. The molecule has 2 saturated carbocycles. The van der Waals surface area contributed by atoms with Gasteiger partial charge in [0.15, 0.2) is 0 Å². The van der Waals surface area contributed by atoms with Gasteiger partial charge in [0.1, 0.15) is 6.10 Å². The summed E-state index contributed by atoms with van der Waals surface area (Å²) in [6.45, 7) is 1.96. The Morgan fingerprint density at radius 2 is 1.95 bits per heavy atom. The van der Waals surface area contributed by atoms with Crippen LogP contribution in [0.4, 0.5) is 0 Å². The van der Waals surface area contributed by atoms with Gasteiger partial charge in [-0.3, -0.25) is 4.79 Å². The number of carbonyl (C=O) groups is 1. The van der Waals surface area contributed by atoms with E-state index in [1.807, 2.05) is 4.90 Å². The minimum absolute atomic E-state index is 0.0575. The Kier molecular flexibility index (Phi) is 3.81. The summed E-state index contributed by atoms with van der Waals surface area (Å²) >= 11 is 0. The van der Waals surface area contributed by atoms with Crippen LogP contribution in [0.15, 0.2) is 0 Å². The van der Waals surface area contributed by atoms with Gasteiger partial charge < -0.3 is 14.7 Å². The Balaban J connectivity index is 1.62. The van der Waals surface area contributed by atoms with Crippen molar-refractivity contribution in [3.63, 3.8) is 0 Å². The number of hydrogen-bond donors (Lipinski definition) is 1. The van der Waals surface area contributed by atoms with Crippen molar-refractivity contribution >= 4 is 5.91 Å². The van der Waals surface area contributed by atoms with E-state index in [0.29, 0.717) is 19.7 Å². The molecule has 4 nitrogen and oxygen atoms in total. The summed E-state index contributed by atoms with van der Waals surface area (Å²) in [6, 6.07) is 0. The maximum Gasteiger partial charge on any atom is 0.251 e. The fourth-order valence-electron chi connectivity index (χ4n) is 3.68. The standard InChI is InChI=1S/C15H25NO3/c17-13(12-5-4-6-12)14(18)16-9-10-19-15(11-16)7-2-1-3-8-15/h12-13,17H,1-11H2/t13-/m0/s1. The first kappa shape index (κ1) is 13.4. The summed E-state index contributed by atoms with van der Waals surface area (Å²) in [5, 5.41) is 10.1. The van der Waals surface area contributed by atoms with E-state index in [1.54, 1.807) is 0 Å². The zero-order valence-corrected chi connectivity index (χ0v) is 11.6. The SMILES string of the molecule is O=C([C@@H](O)C1CCC1)N1CCOC2(CCCCC2)C1. The molecule has 0 aromatic carbocycles. The molecule has 4 heteroatoms. The lowest BCUT2D eigenvalue weighted by Gasteiger charge is -2.46. The van der Waals surface area contributed by atoms with Crippen LogP contribution in [0.3, 0.4) is 0 Å². The molecule has 0 unspecified atom stereocenters. The molecule has 19 heavy (non-hydrogen) atoms. The number of nitrogens with zero attached hydrogens (tertiary/aromatic N) is 1. The van der Waals surface area contributed by atoms with Crippen LogP contribution < -0.4 is 0 Å². The highest BCUT2D eigenvalue weighted by Crippen LogP contribution is 2.35. The van der Waals surface area contributed by atoms with Gasteiger partial charge in [-0.1, -0.05) is 25.7 Å². The van der Waals surface area contributed by atoms with E-state index in [0.717, 1.165) is 32.1 Å². The molecule has 1 aliphatic heterocycles. The zero-order chi connectivity index (χ0) is 13.3. The largest absolute Gasteiger partial charge is 0.383 e. The summed E-state index contributed by atoms with van der Waals surface area (Å²) in [7, 11) is 0. The second-order valence-electron chi connectivity index (χ2n) is 6.49. The second kappa shape index (κ2) is 5.41.